The molecular formula is C20H25N7O2. The van der Waals surface area contributed by atoms with Crippen molar-refractivity contribution in [2.24, 2.45) is 16.8 Å². The van der Waals surface area contributed by atoms with Crippen LogP contribution in [0.2, 0.25) is 0 Å². The van der Waals surface area contributed by atoms with Gasteiger partial charge < -0.3 is 10.1 Å². The summed E-state index contributed by atoms with van der Waals surface area (Å²) in [4.78, 5) is 30.4. The summed E-state index contributed by atoms with van der Waals surface area (Å²) in [5.74, 6) is 2.23. The Morgan fingerprint density at radius 1 is 1.31 bits per heavy atom. The molecule has 0 amide bonds. The van der Waals surface area contributed by atoms with Crippen LogP contribution >= 0.6 is 0 Å². The number of aromatic amines is 2. The molecule has 3 heterocycles. The Morgan fingerprint density at radius 2 is 2.14 bits per heavy atom. The van der Waals surface area contributed by atoms with Crippen LogP contribution in [0, 0.1) is 11.8 Å². The van der Waals surface area contributed by atoms with E-state index in [4.69, 9.17) is 9.98 Å². The molecule has 0 aromatic carbocycles. The fraction of sp³-hybridized carbons (Fsp3) is 0.550. The standard InChI is InChI=1S/C20H25N7O2/c1-11(12-5-6-12)3-2-4-16-24-17-13(9-15-18(28)26-20(29)23-15)10-21-27(17)19(25-16)22-14-7-8-14/h9-12,14,28H,2-8H2,1H3,(H2,23,26,29). The maximum absolute atomic E-state index is 11.4. The van der Waals surface area contributed by atoms with Crippen LogP contribution in [0.3, 0.4) is 0 Å². The van der Waals surface area contributed by atoms with E-state index in [0.29, 0.717) is 28.2 Å². The third kappa shape index (κ3) is 3.94. The van der Waals surface area contributed by atoms with Gasteiger partial charge in [-0.25, -0.2) is 14.8 Å². The molecule has 0 radical (unpaired) electrons. The maximum Gasteiger partial charge on any atom is 0.326 e. The average Bonchev–Trinajstić information content (AvgIpc) is 3.60. The van der Waals surface area contributed by atoms with E-state index in [1.165, 1.54) is 19.3 Å². The Bertz CT molecular complexity index is 1210. The molecule has 1 atom stereocenters. The summed E-state index contributed by atoms with van der Waals surface area (Å²) >= 11 is 0. The van der Waals surface area contributed by atoms with Gasteiger partial charge >= 0.3 is 5.69 Å². The van der Waals surface area contributed by atoms with Crippen LogP contribution in [0.5, 0.6) is 5.88 Å². The molecule has 0 saturated heterocycles. The van der Waals surface area contributed by atoms with Crippen molar-refractivity contribution in [1.29, 1.82) is 0 Å². The predicted octanol–water partition coefficient (Wildman–Crippen LogP) is 0.826. The van der Waals surface area contributed by atoms with Crippen molar-refractivity contribution in [3.8, 4) is 5.88 Å². The lowest BCUT2D eigenvalue weighted by Gasteiger charge is -2.08. The summed E-state index contributed by atoms with van der Waals surface area (Å²) in [6.07, 6.45) is 11.3. The number of H-pyrrole nitrogens is 2. The van der Waals surface area contributed by atoms with E-state index >= 15 is 0 Å². The second kappa shape index (κ2) is 7.13. The highest BCUT2D eigenvalue weighted by atomic mass is 16.3. The number of aromatic hydroxyl groups is 1. The van der Waals surface area contributed by atoms with E-state index in [1.54, 1.807) is 16.8 Å². The molecule has 9 nitrogen and oxygen atoms in total. The minimum absolute atomic E-state index is 0.208. The largest absolute Gasteiger partial charge is 0.493 e. The van der Waals surface area contributed by atoms with Crippen LogP contribution in [0.25, 0.3) is 11.7 Å². The molecule has 3 aromatic heterocycles. The first-order valence-electron chi connectivity index (χ1n) is 10.4. The Labute approximate surface area is 166 Å². The Kier molecular flexibility index (Phi) is 4.44. The van der Waals surface area contributed by atoms with E-state index < -0.39 is 5.69 Å². The molecule has 5 rings (SSSR count). The molecule has 3 aromatic rings. The Hall–Kier alpha value is -2.97. The summed E-state index contributed by atoms with van der Waals surface area (Å²) in [5.41, 5.74) is 1.04. The second-order valence-corrected chi connectivity index (χ2v) is 8.33. The van der Waals surface area contributed by atoms with Gasteiger partial charge in [-0.1, -0.05) is 13.3 Å². The highest BCUT2D eigenvalue weighted by molar-refractivity contribution is 5.56. The average molecular weight is 395 g/mol. The van der Waals surface area contributed by atoms with Crippen LogP contribution in [0.15, 0.2) is 16.0 Å². The first-order valence-corrected chi connectivity index (χ1v) is 10.4. The molecule has 0 bridgehead atoms. The number of nitrogens with zero attached hydrogens (tertiary/aromatic N) is 5. The fourth-order valence-corrected chi connectivity index (χ4v) is 3.72. The van der Waals surface area contributed by atoms with Crippen LogP contribution in [0.1, 0.15) is 57.0 Å². The molecule has 2 fully saturated rings. The van der Waals surface area contributed by atoms with Gasteiger partial charge in [0.25, 0.3) is 0 Å². The monoisotopic (exact) mass is 395 g/mol. The minimum Gasteiger partial charge on any atom is -0.493 e. The molecule has 0 aliphatic heterocycles. The Balaban J connectivity index is 1.52. The number of nitrogens with one attached hydrogen (secondary N) is 2. The van der Waals surface area contributed by atoms with Gasteiger partial charge in [-0.15, -0.1) is 0 Å². The van der Waals surface area contributed by atoms with E-state index in [9.17, 15) is 9.90 Å². The number of aromatic nitrogens is 6. The molecule has 2 aliphatic rings. The highest BCUT2D eigenvalue weighted by Gasteiger charge is 2.27. The lowest BCUT2D eigenvalue weighted by molar-refractivity contribution is 0.451. The molecule has 2 saturated carbocycles. The van der Waals surface area contributed by atoms with Gasteiger partial charge in [-0.3, -0.25) is 4.98 Å². The van der Waals surface area contributed by atoms with Gasteiger partial charge in [0.15, 0.2) is 5.65 Å². The van der Waals surface area contributed by atoms with E-state index in [2.05, 4.69) is 27.0 Å². The van der Waals surface area contributed by atoms with Crippen molar-refractivity contribution in [2.45, 2.75) is 57.9 Å². The van der Waals surface area contributed by atoms with E-state index in [0.717, 1.165) is 43.3 Å². The first kappa shape index (κ1) is 18.1. The molecule has 1 unspecified atom stereocenters. The second-order valence-electron chi connectivity index (χ2n) is 8.33. The van der Waals surface area contributed by atoms with Crippen molar-refractivity contribution in [3.05, 3.63) is 39.0 Å². The van der Waals surface area contributed by atoms with Crippen molar-refractivity contribution >= 4 is 11.7 Å². The highest BCUT2D eigenvalue weighted by Crippen LogP contribution is 2.38. The molecule has 2 aliphatic carbocycles. The van der Waals surface area contributed by atoms with Crippen LogP contribution in [-0.2, 0) is 6.42 Å². The molecule has 0 spiro atoms. The predicted molar refractivity (Wildman–Crippen MR) is 106 cm³/mol. The SMILES string of the molecule is CC(CCCc1nc(=NC2CC2)n2ncc(=Cc3[nH]c(=O)[nH]c3O)c2n1)C1CC1. The number of hydrogen-bond acceptors (Lipinski definition) is 6. The summed E-state index contributed by atoms with van der Waals surface area (Å²) in [6, 6.07) is 0.317. The summed E-state index contributed by atoms with van der Waals surface area (Å²) < 4.78 is 1.64. The van der Waals surface area contributed by atoms with Crippen LogP contribution in [0.4, 0.5) is 0 Å². The van der Waals surface area contributed by atoms with Gasteiger partial charge in [0, 0.05) is 11.6 Å². The van der Waals surface area contributed by atoms with Gasteiger partial charge in [-0.05, 0) is 50.0 Å². The molecule has 3 N–H and O–H groups in total. The first-order chi connectivity index (χ1) is 14.1. The zero-order chi connectivity index (χ0) is 20.0. The summed E-state index contributed by atoms with van der Waals surface area (Å²) in [7, 11) is 0. The zero-order valence-electron chi connectivity index (χ0n) is 16.4. The number of aryl methyl sites for hydroxylation is 1. The molecule has 29 heavy (non-hydrogen) atoms. The normalized spacial score (nSPS) is 19.3. The van der Waals surface area contributed by atoms with Gasteiger partial charge in [0.2, 0.25) is 11.5 Å². The van der Waals surface area contributed by atoms with Crippen molar-refractivity contribution in [3.63, 3.8) is 0 Å². The lowest BCUT2D eigenvalue weighted by Crippen LogP contribution is -2.25. The van der Waals surface area contributed by atoms with Crippen molar-refractivity contribution in [2.75, 3.05) is 0 Å². The van der Waals surface area contributed by atoms with Crippen LogP contribution < -0.4 is 16.5 Å². The minimum atomic E-state index is -0.463. The van der Waals surface area contributed by atoms with Crippen molar-refractivity contribution in [1.82, 2.24) is 29.5 Å². The third-order valence-electron chi connectivity index (χ3n) is 5.79. The molecule has 152 valence electrons. The van der Waals surface area contributed by atoms with E-state index in [-0.39, 0.29) is 5.88 Å². The zero-order valence-corrected chi connectivity index (χ0v) is 16.4. The number of rotatable bonds is 7. The lowest BCUT2D eigenvalue weighted by atomic mass is 9.99. The Morgan fingerprint density at radius 3 is 2.83 bits per heavy atom. The third-order valence-corrected chi connectivity index (χ3v) is 5.79. The fourth-order valence-electron chi connectivity index (χ4n) is 3.72. The van der Waals surface area contributed by atoms with Gasteiger partial charge in [0.05, 0.1) is 12.2 Å². The number of fused-ring (bicyclic) bond motifs is 1. The van der Waals surface area contributed by atoms with E-state index in [1.807, 2.05) is 0 Å². The van der Waals surface area contributed by atoms with Gasteiger partial charge in [0.1, 0.15) is 11.5 Å². The topological polar surface area (TPSA) is 124 Å². The van der Waals surface area contributed by atoms with Crippen molar-refractivity contribution < 1.29 is 5.11 Å². The quantitative estimate of drug-likeness (QED) is 0.546. The molecular weight excluding hydrogens is 370 g/mol. The van der Waals surface area contributed by atoms with Crippen LogP contribution in [-0.4, -0.2) is 40.7 Å². The number of hydrogen-bond donors (Lipinski definition) is 3. The smallest absolute Gasteiger partial charge is 0.326 e. The molecule has 9 heteroatoms. The summed E-state index contributed by atoms with van der Waals surface area (Å²) in [5, 5.41) is 14.9. The van der Waals surface area contributed by atoms with Gasteiger partial charge in [-0.2, -0.15) is 14.6 Å². The number of imidazole rings is 1. The summed E-state index contributed by atoms with van der Waals surface area (Å²) in [6.45, 7) is 2.34. The maximum atomic E-state index is 11.4.